The van der Waals surface area contributed by atoms with Crippen LogP contribution < -0.4 is 4.74 Å². The van der Waals surface area contributed by atoms with Crippen molar-refractivity contribution in [1.82, 2.24) is 4.90 Å². The molecular formula is C21H26ClNO4. The van der Waals surface area contributed by atoms with E-state index in [9.17, 15) is 14.4 Å². The first-order valence-electron chi connectivity index (χ1n) is 9.55. The minimum atomic E-state index is -0.438. The number of piperidine rings is 1. The Hall–Kier alpha value is -1.88. The number of methoxy groups -OCH3 is 1. The second-order valence-corrected chi connectivity index (χ2v) is 7.99. The van der Waals surface area contributed by atoms with E-state index in [1.165, 1.54) is 0 Å². The van der Waals surface area contributed by atoms with Gasteiger partial charge in [-0.15, -0.1) is 0 Å². The summed E-state index contributed by atoms with van der Waals surface area (Å²) < 4.78 is 5.39. The smallest absolute Gasteiger partial charge is 0.223 e. The van der Waals surface area contributed by atoms with Crippen molar-refractivity contribution in [3.63, 3.8) is 0 Å². The molecule has 1 saturated heterocycles. The van der Waals surface area contributed by atoms with Crippen LogP contribution in [-0.2, 0) is 19.8 Å². The van der Waals surface area contributed by atoms with Crippen molar-refractivity contribution in [2.24, 2.45) is 5.92 Å². The van der Waals surface area contributed by atoms with Gasteiger partial charge in [0.15, 0.2) is 0 Å². The molecule has 1 aliphatic carbocycles. The summed E-state index contributed by atoms with van der Waals surface area (Å²) in [7, 11) is 1.62. The molecule has 1 saturated carbocycles. The van der Waals surface area contributed by atoms with Crippen molar-refractivity contribution >= 4 is 28.5 Å². The van der Waals surface area contributed by atoms with Gasteiger partial charge in [-0.2, -0.15) is 0 Å². The number of carbonyl (C=O) groups is 3. The number of hydrogen-bond donors (Lipinski definition) is 0. The van der Waals surface area contributed by atoms with E-state index in [2.05, 4.69) is 0 Å². The monoisotopic (exact) mass is 391 g/mol. The van der Waals surface area contributed by atoms with Gasteiger partial charge in [0.1, 0.15) is 11.5 Å². The van der Waals surface area contributed by atoms with Crippen LogP contribution in [0.1, 0.15) is 51.0 Å². The predicted molar refractivity (Wildman–Crippen MR) is 103 cm³/mol. The zero-order chi connectivity index (χ0) is 19.6. The van der Waals surface area contributed by atoms with Gasteiger partial charge in [0, 0.05) is 43.7 Å². The fraction of sp³-hybridized carbons (Fsp3) is 0.571. The van der Waals surface area contributed by atoms with Gasteiger partial charge in [0.2, 0.25) is 11.1 Å². The molecule has 2 fully saturated rings. The molecule has 0 N–H and O–H groups in total. The Morgan fingerprint density at radius 1 is 1.37 bits per heavy atom. The summed E-state index contributed by atoms with van der Waals surface area (Å²) in [5.74, 6) is 1.04. The maximum atomic E-state index is 12.5. The van der Waals surface area contributed by atoms with Gasteiger partial charge in [-0.05, 0) is 48.1 Å². The molecule has 0 spiro atoms. The van der Waals surface area contributed by atoms with E-state index in [1.54, 1.807) is 7.11 Å². The molecule has 0 bridgehead atoms. The molecule has 1 aromatic rings. The fourth-order valence-electron chi connectivity index (χ4n) is 5.02. The molecule has 27 heavy (non-hydrogen) atoms. The van der Waals surface area contributed by atoms with Crippen molar-refractivity contribution in [2.45, 2.75) is 56.9 Å². The number of amides is 1. The quantitative estimate of drug-likeness (QED) is 0.721. The van der Waals surface area contributed by atoms with Crippen LogP contribution in [0.15, 0.2) is 24.3 Å². The molecule has 1 heterocycles. The number of fused-ring (bicyclic) bond motifs is 1. The third-order valence-corrected chi connectivity index (χ3v) is 6.41. The molecule has 3 atom stereocenters. The van der Waals surface area contributed by atoms with Crippen molar-refractivity contribution in [3.05, 3.63) is 29.8 Å². The third kappa shape index (κ3) is 3.75. The lowest BCUT2D eigenvalue weighted by molar-refractivity contribution is -0.142. The second-order valence-electron chi connectivity index (χ2n) is 7.57. The molecule has 0 radical (unpaired) electrons. The zero-order valence-corrected chi connectivity index (χ0v) is 16.6. The zero-order valence-electron chi connectivity index (χ0n) is 15.9. The highest BCUT2D eigenvalue weighted by Crippen LogP contribution is 2.51. The summed E-state index contributed by atoms with van der Waals surface area (Å²) in [4.78, 5) is 38.6. The van der Waals surface area contributed by atoms with Crippen molar-refractivity contribution in [2.75, 3.05) is 13.7 Å². The maximum absolute atomic E-state index is 12.5. The summed E-state index contributed by atoms with van der Waals surface area (Å²) in [6.07, 6.45) is 2.81. The molecule has 2 aliphatic rings. The molecule has 146 valence electrons. The lowest BCUT2D eigenvalue weighted by Gasteiger charge is -2.55. The molecule has 3 rings (SSSR count). The number of benzene rings is 1. The van der Waals surface area contributed by atoms with Gasteiger partial charge in [-0.25, -0.2) is 0 Å². The van der Waals surface area contributed by atoms with E-state index in [0.29, 0.717) is 38.6 Å². The van der Waals surface area contributed by atoms with Crippen LogP contribution in [0.5, 0.6) is 5.75 Å². The number of nitrogens with zero attached hydrogens (tertiary/aromatic N) is 1. The van der Waals surface area contributed by atoms with Crippen molar-refractivity contribution in [1.29, 1.82) is 0 Å². The average Bonchev–Trinajstić information content (AvgIpc) is 2.67. The first-order chi connectivity index (χ1) is 12.9. The molecule has 1 aromatic carbocycles. The topological polar surface area (TPSA) is 63.7 Å². The number of likely N-dealkylation sites (tertiary alicyclic amines) is 1. The van der Waals surface area contributed by atoms with E-state index in [1.807, 2.05) is 36.1 Å². The average molecular weight is 392 g/mol. The maximum Gasteiger partial charge on any atom is 0.223 e. The largest absolute Gasteiger partial charge is 0.497 e. The van der Waals surface area contributed by atoms with Crippen LogP contribution in [-0.4, -0.2) is 41.5 Å². The SMILES string of the molecule is CCC(=O)N1CCC2(c3cccc(OC)c3)CC(=O)CCC2C1CC(=O)Cl. The van der Waals surface area contributed by atoms with Gasteiger partial charge in [0.05, 0.1) is 7.11 Å². The summed E-state index contributed by atoms with van der Waals surface area (Å²) in [6, 6.07) is 7.57. The molecule has 0 aromatic heterocycles. The van der Waals surface area contributed by atoms with Gasteiger partial charge in [0.25, 0.3) is 0 Å². The molecule has 6 heteroatoms. The molecule has 3 unspecified atom stereocenters. The normalized spacial score (nSPS) is 27.8. The fourth-order valence-corrected chi connectivity index (χ4v) is 5.18. The number of ether oxygens (including phenoxy) is 1. The van der Waals surface area contributed by atoms with E-state index in [-0.39, 0.29) is 35.5 Å². The van der Waals surface area contributed by atoms with Gasteiger partial charge < -0.3 is 9.64 Å². The summed E-state index contributed by atoms with van der Waals surface area (Å²) >= 11 is 5.76. The number of Topliss-reactive ketones (excluding diaryl/α,β-unsaturated/α-hetero) is 1. The van der Waals surface area contributed by atoms with Crippen LogP contribution in [0.2, 0.25) is 0 Å². The number of ketones is 1. The number of halogens is 1. The lowest BCUT2D eigenvalue weighted by Crippen LogP contribution is -2.60. The Balaban J connectivity index is 2.07. The van der Waals surface area contributed by atoms with E-state index < -0.39 is 5.24 Å². The second kappa shape index (κ2) is 8.01. The molecule has 1 amide bonds. The highest BCUT2D eigenvalue weighted by molar-refractivity contribution is 6.63. The molecule has 5 nitrogen and oxygen atoms in total. The molecular weight excluding hydrogens is 366 g/mol. The first kappa shape index (κ1) is 19.9. The predicted octanol–water partition coefficient (Wildman–Crippen LogP) is 3.47. The van der Waals surface area contributed by atoms with E-state index in [4.69, 9.17) is 16.3 Å². The van der Waals surface area contributed by atoms with Gasteiger partial charge in [-0.1, -0.05) is 19.1 Å². The summed E-state index contributed by atoms with van der Waals surface area (Å²) in [6.45, 7) is 2.36. The lowest BCUT2D eigenvalue weighted by atomic mass is 9.56. The first-order valence-corrected chi connectivity index (χ1v) is 9.93. The van der Waals surface area contributed by atoms with Crippen LogP contribution >= 0.6 is 11.6 Å². The Morgan fingerprint density at radius 3 is 2.81 bits per heavy atom. The number of rotatable bonds is 5. The van der Waals surface area contributed by atoms with Crippen LogP contribution in [0, 0.1) is 5.92 Å². The van der Waals surface area contributed by atoms with Gasteiger partial charge >= 0.3 is 0 Å². The third-order valence-electron chi connectivity index (χ3n) is 6.26. The Kier molecular flexibility index (Phi) is 5.89. The Morgan fingerprint density at radius 2 is 2.15 bits per heavy atom. The minimum absolute atomic E-state index is 0.0225. The minimum Gasteiger partial charge on any atom is -0.497 e. The van der Waals surface area contributed by atoms with E-state index >= 15 is 0 Å². The Bertz CT molecular complexity index is 749. The highest BCUT2D eigenvalue weighted by atomic mass is 35.5. The van der Waals surface area contributed by atoms with Crippen LogP contribution in [0.4, 0.5) is 0 Å². The number of carbonyl (C=O) groups excluding carboxylic acids is 3. The van der Waals surface area contributed by atoms with Crippen molar-refractivity contribution in [3.8, 4) is 5.75 Å². The van der Waals surface area contributed by atoms with Gasteiger partial charge in [-0.3, -0.25) is 14.4 Å². The number of hydrogen-bond acceptors (Lipinski definition) is 4. The Labute approximate surface area is 165 Å². The van der Waals surface area contributed by atoms with Crippen LogP contribution in [0.3, 0.4) is 0 Å². The van der Waals surface area contributed by atoms with Crippen molar-refractivity contribution < 1.29 is 19.1 Å². The highest BCUT2D eigenvalue weighted by Gasteiger charge is 2.53. The summed E-state index contributed by atoms with van der Waals surface area (Å²) in [5.41, 5.74) is 0.668. The van der Waals surface area contributed by atoms with E-state index in [0.717, 1.165) is 11.3 Å². The standard InChI is InChI=1S/C21H26ClNO4/c1-3-20(26)23-10-9-21(14-5-4-6-16(11-14)27-2)13-15(24)7-8-17(21)18(23)12-19(22)25/h4-6,11,17-18H,3,7-10,12-13H2,1-2H3. The van der Waals surface area contributed by atoms with Crippen LogP contribution in [0.25, 0.3) is 0 Å². The molecule has 1 aliphatic heterocycles. The summed E-state index contributed by atoms with van der Waals surface area (Å²) in [5, 5.41) is -0.438.